The average molecular weight is 1050 g/mol. The van der Waals surface area contributed by atoms with Crippen molar-refractivity contribution >= 4 is 66.4 Å². The van der Waals surface area contributed by atoms with Gasteiger partial charge in [-0.2, -0.15) is 0 Å². The topological polar surface area (TPSA) is 166 Å². The molecule has 0 bridgehead atoms. The Morgan fingerprint density at radius 3 is 2.16 bits per heavy atom. The third kappa shape index (κ3) is 12.7. The number of hydrogen-bond donors (Lipinski definition) is 4. The van der Waals surface area contributed by atoms with Crippen LogP contribution >= 0.6 is 38.6 Å². The average Bonchev–Trinajstić information content (AvgIpc) is 4.06. The zero-order valence-electron chi connectivity index (χ0n) is 40.2. The number of amides is 3. The Balaban J connectivity index is 0.741. The summed E-state index contributed by atoms with van der Waals surface area (Å²) in [6.07, 6.45) is -0.762. The van der Waals surface area contributed by atoms with Crippen LogP contribution in [0.15, 0.2) is 101 Å². The molecular formula is C53H61BrN6O8S2. The van der Waals surface area contributed by atoms with Gasteiger partial charge in [0, 0.05) is 66.8 Å². The number of likely N-dealkylation sites (tertiary alicyclic amines) is 1. The molecule has 370 valence electrons. The van der Waals surface area contributed by atoms with Gasteiger partial charge in [0.15, 0.2) is 5.75 Å². The van der Waals surface area contributed by atoms with Gasteiger partial charge in [0.2, 0.25) is 17.7 Å². The summed E-state index contributed by atoms with van der Waals surface area (Å²) in [4.78, 5) is 53.5. The van der Waals surface area contributed by atoms with Crippen LogP contribution < -0.4 is 20.1 Å². The highest BCUT2D eigenvalue weighted by atomic mass is 79.9. The van der Waals surface area contributed by atoms with Crippen molar-refractivity contribution in [3.05, 3.63) is 112 Å². The third-order valence-corrected chi connectivity index (χ3v) is 15.5. The molecule has 2 aliphatic heterocycles. The minimum Gasteiger partial charge on any atom is -0.508 e. The second-order valence-electron chi connectivity index (χ2n) is 19.0. The lowest BCUT2D eigenvalue weighted by Gasteiger charge is -2.35. The van der Waals surface area contributed by atoms with Crippen molar-refractivity contribution in [1.29, 1.82) is 0 Å². The number of fused-ring (bicyclic) bond motifs is 1. The number of rotatable bonds is 18. The summed E-state index contributed by atoms with van der Waals surface area (Å²) in [7, 11) is 0. The van der Waals surface area contributed by atoms with Crippen LogP contribution in [-0.4, -0.2) is 131 Å². The number of nitrogens with zero attached hydrogens (tertiary/aromatic N) is 4. The summed E-state index contributed by atoms with van der Waals surface area (Å²) in [5.41, 5.74) is 5.10. The first-order valence-corrected chi connectivity index (χ1v) is 26.1. The summed E-state index contributed by atoms with van der Waals surface area (Å²) in [5.74, 6) is 1.21. The number of aliphatic hydroxyl groups excluding tert-OH is 1. The predicted octanol–water partition coefficient (Wildman–Crippen LogP) is 8.64. The molecule has 0 radical (unpaired) electrons. The van der Waals surface area contributed by atoms with Gasteiger partial charge in [-0.3, -0.25) is 24.2 Å². The molecule has 0 spiro atoms. The number of aliphatic hydroxyl groups is 1. The number of hydrogen-bond acceptors (Lipinski definition) is 13. The number of nitrogens with one attached hydrogen (secondary N) is 2. The van der Waals surface area contributed by atoms with Crippen LogP contribution in [0.3, 0.4) is 0 Å². The Labute approximate surface area is 425 Å². The van der Waals surface area contributed by atoms with E-state index in [0.717, 1.165) is 90.9 Å². The van der Waals surface area contributed by atoms with Crippen LogP contribution in [0.1, 0.15) is 51.4 Å². The van der Waals surface area contributed by atoms with Gasteiger partial charge in [0.05, 0.1) is 39.7 Å². The van der Waals surface area contributed by atoms with Gasteiger partial charge in [-0.15, -0.1) is 22.7 Å². The van der Waals surface area contributed by atoms with Gasteiger partial charge < -0.3 is 40.0 Å². The smallest absolute Gasteiger partial charge is 0.246 e. The Bertz CT molecular complexity index is 2740. The fraction of sp³-hybridized carbons (Fsp3) is 0.396. The van der Waals surface area contributed by atoms with Gasteiger partial charge in [-0.25, -0.2) is 4.98 Å². The van der Waals surface area contributed by atoms with Crippen LogP contribution in [0.5, 0.6) is 23.0 Å². The van der Waals surface area contributed by atoms with Crippen LogP contribution in [-0.2, 0) is 19.1 Å². The number of phenols is 1. The van der Waals surface area contributed by atoms with E-state index >= 15 is 0 Å². The number of carbonyl (C=O) groups is 3. The van der Waals surface area contributed by atoms with E-state index in [1.807, 2.05) is 119 Å². The van der Waals surface area contributed by atoms with E-state index in [-0.39, 0.29) is 37.3 Å². The van der Waals surface area contributed by atoms with E-state index in [4.69, 9.17) is 14.2 Å². The maximum Gasteiger partial charge on any atom is 0.246 e. The molecule has 4 heterocycles. The van der Waals surface area contributed by atoms with Crippen molar-refractivity contribution in [3.8, 4) is 43.9 Å². The first-order chi connectivity index (χ1) is 33.6. The maximum atomic E-state index is 14.1. The summed E-state index contributed by atoms with van der Waals surface area (Å²) in [5, 5.41) is 27.6. The lowest BCUT2D eigenvalue weighted by Crippen LogP contribution is -2.58. The zero-order chi connectivity index (χ0) is 49.5. The molecule has 6 aromatic rings. The van der Waals surface area contributed by atoms with Crippen LogP contribution in [0.25, 0.3) is 31.0 Å². The molecule has 2 fully saturated rings. The number of aromatic hydroxyl groups is 1. The van der Waals surface area contributed by atoms with E-state index in [1.165, 1.54) is 4.90 Å². The van der Waals surface area contributed by atoms with E-state index in [1.54, 1.807) is 34.8 Å². The largest absolute Gasteiger partial charge is 0.508 e. The second kappa shape index (κ2) is 22.8. The zero-order valence-corrected chi connectivity index (χ0v) is 43.4. The van der Waals surface area contributed by atoms with Gasteiger partial charge in [-0.1, -0.05) is 73.1 Å². The number of carbonyl (C=O) groups excluding carboxylic acids is 3. The molecule has 4 aromatic carbocycles. The molecule has 4 atom stereocenters. The standard InChI is InChI=1S/C53H61BrN6O8S2/c1-33(35-6-8-36(9-7-35)48-34(2)55-32-69-48)56-51(64)44-28-40(62)30-60(44)52(65)50(53(3,4)5)57-46(63)31-66-26-24-58-20-22-59(23-21-58)25-27-67-41-15-17-42(18-16-41)68-47-43-19-14-39(61)29-45(43)70-49(47)37-10-12-38(54)13-11-37/h6-19,29,32-33,40,44,50,61-62H,20-28,30-31H2,1-5H3,(H,56,64)(H,57,63)/t33-,40+,44-,50?/m0/s1. The Morgan fingerprint density at radius 1 is 0.857 bits per heavy atom. The molecule has 8 rings (SSSR count). The van der Waals surface area contributed by atoms with Crippen molar-refractivity contribution in [3.63, 3.8) is 0 Å². The molecule has 0 saturated carbocycles. The van der Waals surface area contributed by atoms with Gasteiger partial charge in [0.25, 0.3) is 0 Å². The van der Waals surface area contributed by atoms with Gasteiger partial charge >= 0.3 is 0 Å². The molecule has 4 N–H and O–H groups in total. The lowest BCUT2D eigenvalue weighted by molar-refractivity contribution is -0.144. The number of thiazole rings is 1. The number of aryl methyl sites for hydroxylation is 1. The van der Waals surface area contributed by atoms with E-state index < -0.39 is 35.4 Å². The SMILES string of the molecule is Cc1ncsc1-c1ccc([C@H](C)NC(=O)[C@@H]2C[C@@H](O)CN2C(=O)C(NC(=O)COCCN2CCN(CCOc3ccc(Oc4c(-c5ccc(Br)cc5)sc5cc(O)ccc45)cc3)CC2)C(C)(C)C)cc1. The molecule has 17 heteroatoms. The molecule has 2 saturated heterocycles. The second-order valence-corrected chi connectivity index (χ2v) is 21.8. The number of ether oxygens (including phenoxy) is 3. The van der Waals surface area contributed by atoms with Crippen molar-refractivity contribution in [1.82, 2.24) is 30.3 Å². The van der Waals surface area contributed by atoms with E-state index in [9.17, 15) is 24.6 Å². The molecule has 14 nitrogen and oxygen atoms in total. The monoisotopic (exact) mass is 1050 g/mol. The highest BCUT2D eigenvalue weighted by molar-refractivity contribution is 9.10. The van der Waals surface area contributed by atoms with Crippen LogP contribution in [0, 0.1) is 12.3 Å². The number of piperazine rings is 1. The molecule has 1 unspecified atom stereocenters. The Kier molecular flexibility index (Phi) is 16.6. The summed E-state index contributed by atoms with van der Waals surface area (Å²) in [6, 6.07) is 26.9. The molecule has 3 amide bonds. The lowest BCUT2D eigenvalue weighted by atomic mass is 9.85. The third-order valence-electron chi connectivity index (χ3n) is 12.8. The minimum atomic E-state index is -0.943. The molecule has 70 heavy (non-hydrogen) atoms. The van der Waals surface area contributed by atoms with Crippen molar-refractivity contribution in [2.75, 3.05) is 65.6 Å². The van der Waals surface area contributed by atoms with Gasteiger partial charge in [0.1, 0.15) is 42.5 Å². The molecule has 0 aliphatic carbocycles. The number of thiophene rings is 1. The van der Waals surface area contributed by atoms with Crippen LogP contribution in [0.2, 0.25) is 0 Å². The number of phenolic OH excluding ortho intramolecular Hbond substituents is 1. The molecular weight excluding hydrogens is 993 g/mol. The predicted molar refractivity (Wildman–Crippen MR) is 279 cm³/mol. The molecule has 2 aliphatic rings. The summed E-state index contributed by atoms with van der Waals surface area (Å²) in [6.45, 7) is 15.1. The van der Waals surface area contributed by atoms with Crippen molar-refractivity contribution in [2.24, 2.45) is 5.41 Å². The fourth-order valence-electron chi connectivity index (χ4n) is 8.78. The molecule has 2 aromatic heterocycles. The first kappa shape index (κ1) is 51.0. The minimum absolute atomic E-state index is 0.00379. The number of halogens is 1. The number of β-amino-alcohol motifs (C(OH)–C–C–N with tert-alkyl or cyclic N) is 1. The van der Waals surface area contributed by atoms with E-state index in [2.05, 4.69) is 41.3 Å². The van der Waals surface area contributed by atoms with E-state index in [0.29, 0.717) is 25.5 Å². The highest BCUT2D eigenvalue weighted by Gasteiger charge is 2.44. The van der Waals surface area contributed by atoms with Crippen LogP contribution in [0.4, 0.5) is 0 Å². The first-order valence-electron chi connectivity index (χ1n) is 23.6. The number of benzene rings is 4. The maximum absolute atomic E-state index is 14.1. The summed E-state index contributed by atoms with van der Waals surface area (Å²) < 4.78 is 20.3. The Morgan fingerprint density at radius 2 is 1.50 bits per heavy atom. The number of aromatic nitrogens is 1. The van der Waals surface area contributed by atoms with Gasteiger partial charge in [-0.05, 0) is 90.6 Å². The highest BCUT2D eigenvalue weighted by Crippen LogP contribution is 2.47. The van der Waals surface area contributed by atoms with Crippen molar-refractivity contribution < 1.29 is 38.8 Å². The normalized spacial score (nSPS) is 17.6. The fourth-order valence-corrected chi connectivity index (χ4v) is 11.0. The quantitative estimate of drug-likeness (QED) is 0.0609. The Hall–Kier alpha value is -5.40. The summed E-state index contributed by atoms with van der Waals surface area (Å²) >= 11 is 6.68. The van der Waals surface area contributed by atoms with Crippen molar-refractivity contribution in [2.45, 2.75) is 65.3 Å².